The summed E-state index contributed by atoms with van der Waals surface area (Å²) in [6, 6.07) is 0. The van der Waals surface area contributed by atoms with Gasteiger partial charge in [0.2, 0.25) is 11.9 Å². The Morgan fingerprint density at radius 1 is 1.33 bits per heavy atom. The predicted octanol–water partition coefficient (Wildman–Crippen LogP) is 0.0961. The molecule has 5 heteroatoms. The molecule has 3 N–H and O–H groups in total. The van der Waals surface area contributed by atoms with Crippen LogP contribution in [0.3, 0.4) is 0 Å². The topological polar surface area (TPSA) is 84.6 Å². The summed E-state index contributed by atoms with van der Waals surface area (Å²) in [6.07, 6.45) is 3.47. The molecule has 1 rings (SSSR count). The van der Waals surface area contributed by atoms with Gasteiger partial charge in [-0.3, -0.25) is 14.9 Å². The number of rotatable bonds is 4. The van der Waals surface area contributed by atoms with Gasteiger partial charge >= 0.3 is 0 Å². The molecule has 0 atom stereocenters. The van der Waals surface area contributed by atoms with E-state index in [9.17, 15) is 9.59 Å². The van der Waals surface area contributed by atoms with E-state index in [-0.39, 0.29) is 18.8 Å². The molecular formula is C10H13N3O2. The van der Waals surface area contributed by atoms with E-state index in [1.807, 2.05) is 0 Å². The molecule has 5 nitrogen and oxygen atoms in total. The molecule has 0 saturated heterocycles. The predicted molar refractivity (Wildman–Crippen MR) is 56.8 cm³/mol. The molecule has 0 unspecified atom stereocenters. The van der Waals surface area contributed by atoms with Crippen molar-refractivity contribution in [2.45, 2.75) is 12.8 Å². The number of amides is 2. The van der Waals surface area contributed by atoms with Crippen molar-refractivity contribution < 1.29 is 9.59 Å². The molecule has 1 heterocycles. The Morgan fingerprint density at radius 2 is 1.87 bits per heavy atom. The number of nitrogens with one attached hydrogen (secondary N) is 1. The van der Waals surface area contributed by atoms with Gasteiger partial charge in [0.25, 0.3) is 5.91 Å². The molecule has 1 aliphatic heterocycles. The molecule has 0 aromatic carbocycles. The Kier molecular flexibility index (Phi) is 3.04. The number of nitrogens with two attached hydrogens (primary N) is 1. The standard InChI is InChI=1S/C10H13N3O2/c1-3-5-10(6-4-2)7(14)12-9(11)13-8(10)15/h3-4H,1-2,5-6H2,(H3,11,12,13,14,15). The van der Waals surface area contributed by atoms with Crippen LogP contribution in [-0.2, 0) is 9.59 Å². The van der Waals surface area contributed by atoms with Gasteiger partial charge in [0.05, 0.1) is 0 Å². The monoisotopic (exact) mass is 207 g/mol. The number of aliphatic imine (C=N–C) groups is 1. The quantitative estimate of drug-likeness (QED) is 0.506. The van der Waals surface area contributed by atoms with Crippen LogP contribution in [-0.4, -0.2) is 17.8 Å². The van der Waals surface area contributed by atoms with Crippen molar-refractivity contribution in [2.75, 3.05) is 0 Å². The average molecular weight is 207 g/mol. The Balaban J connectivity index is 3.15. The first kappa shape index (κ1) is 11.2. The number of carbonyl (C=O) groups is 2. The number of hydrogen-bond donors (Lipinski definition) is 2. The third-order valence-corrected chi connectivity index (χ3v) is 2.29. The number of allylic oxidation sites excluding steroid dienone is 2. The highest BCUT2D eigenvalue weighted by Crippen LogP contribution is 2.31. The van der Waals surface area contributed by atoms with Gasteiger partial charge in [-0.2, -0.15) is 4.99 Å². The van der Waals surface area contributed by atoms with E-state index in [1.165, 1.54) is 12.2 Å². The molecule has 15 heavy (non-hydrogen) atoms. The molecular weight excluding hydrogens is 194 g/mol. The molecule has 0 bridgehead atoms. The zero-order valence-corrected chi connectivity index (χ0v) is 8.32. The summed E-state index contributed by atoms with van der Waals surface area (Å²) in [5.74, 6) is -1.14. The number of hydrogen-bond acceptors (Lipinski definition) is 3. The van der Waals surface area contributed by atoms with Crippen LogP contribution in [0.2, 0.25) is 0 Å². The van der Waals surface area contributed by atoms with E-state index in [0.717, 1.165) is 0 Å². The molecule has 0 aromatic heterocycles. The largest absolute Gasteiger partial charge is 0.369 e. The van der Waals surface area contributed by atoms with E-state index in [4.69, 9.17) is 5.73 Å². The lowest BCUT2D eigenvalue weighted by Gasteiger charge is -2.29. The number of guanidine groups is 1. The minimum absolute atomic E-state index is 0.159. The second kappa shape index (κ2) is 4.08. The van der Waals surface area contributed by atoms with Crippen LogP contribution in [0.15, 0.2) is 30.3 Å². The van der Waals surface area contributed by atoms with Gasteiger partial charge in [0.1, 0.15) is 5.41 Å². The third kappa shape index (κ3) is 1.81. The van der Waals surface area contributed by atoms with E-state index in [1.54, 1.807) is 0 Å². The lowest BCUT2D eigenvalue weighted by Crippen LogP contribution is -2.54. The second-order valence-electron chi connectivity index (χ2n) is 3.32. The van der Waals surface area contributed by atoms with Gasteiger partial charge in [0, 0.05) is 0 Å². The van der Waals surface area contributed by atoms with Crippen molar-refractivity contribution in [1.29, 1.82) is 0 Å². The van der Waals surface area contributed by atoms with Crippen LogP contribution >= 0.6 is 0 Å². The molecule has 0 fully saturated rings. The maximum Gasteiger partial charge on any atom is 0.265 e. The van der Waals surface area contributed by atoms with Crippen molar-refractivity contribution in [3.8, 4) is 0 Å². The highest BCUT2D eigenvalue weighted by atomic mass is 16.2. The van der Waals surface area contributed by atoms with Crippen LogP contribution in [0, 0.1) is 5.41 Å². The van der Waals surface area contributed by atoms with Crippen molar-refractivity contribution in [3.05, 3.63) is 25.3 Å². The Hall–Kier alpha value is -1.91. The maximum atomic E-state index is 11.7. The maximum absolute atomic E-state index is 11.7. The summed E-state index contributed by atoms with van der Waals surface area (Å²) in [6.45, 7) is 7.05. The average Bonchev–Trinajstić information content (AvgIpc) is 2.14. The lowest BCUT2D eigenvalue weighted by molar-refractivity contribution is -0.141. The van der Waals surface area contributed by atoms with Gasteiger partial charge in [-0.25, -0.2) is 0 Å². The van der Waals surface area contributed by atoms with Crippen LogP contribution in [0.4, 0.5) is 0 Å². The van der Waals surface area contributed by atoms with E-state index in [0.29, 0.717) is 0 Å². The zero-order chi connectivity index (χ0) is 11.5. The SMILES string of the molecule is C=CCC1(CC=C)C(=O)N=C(N)NC1=O. The highest BCUT2D eigenvalue weighted by molar-refractivity contribution is 6.18. The molecule has 1 aliphatic rings. The van der Waals surface area contributed by atoms with Crippen molar-refractivity contribution in [2.24, 2.45) is 16.1 Å². The summed E-state index contributed by atoms with van der Waals surface area (Å²) in [5.41, 5.74) is 4.06. The summed E-state index contributed by atoms with van der Waals surface area (Å²) in [7, 11) is 0. The first-order valence-corrected chi connectivity index (χ1v) is 4.48. The first-order valence-electron chi connectivity index (χ1n) is 4.48. The second-order valence-corrected chi connectivity index (χ2v) is 3.32. The number of nitrogens with zero attached hydrogens (tertiary/aromatic N) is 1. The zero-order valence-electron chi connectivity index (χ0n) is 8.32. The van der Waals surface area contributed by atoms with Gasteiger partial charge in [-0.05, 0) is 12.8 Å². The van der Waals surface area contributed by atoms with Crippen molar-refractivity contribution >= 4 is 17.8 Å². The fourth-order valence-electron chi connectivity index (χ4n) is 1.51. The van der Waals surface area contributed by atoms with Crippen molar-refractivity contribution in [1.82, 2.24) is 5.32 Å². The molecule has 0 saturated carbocycles. The molecule has 0 aliphatic carbocycles. The minimum Gasteiger partial charge on any atom is -0.369 e. The third-order valence-electron chi connectivity index (χ3n) is 2.29. The Labute approximate surface area is 87.7 Å². The summed E-state index contributed by atoms with van der Waals surface area (Å²) >= 11 is 0. The molecule has 2 amide bonds. The summed E-state index contributed by atoms with van der Waals surface area (Å²) < 4.78 is 0. The fraction of sp³-hybridized carbons (Fsp3) is 0.300. The Morgan fingerprint density at radius 3 is 2.27 bits per heavy atom. The molecule has 0 aromatic rings. The molecule has 80 valence electrons. The van der Waals surface area contributed by atoms with Crippen LogP contribution in [0.1, 0.15) is 12.8 Å². The van der Waals surface area contributed by atoms with Gasteiger partial charge in [-0.1, -0.05) is 12.2 Å². The molecule has 0 spiro atoms. The Bertz CT molecular complexity index is 348. The highest BCUT2D eigenvalue weighted by Gasteiger charge is 2.46. The van der Waals surface area contributed by atoms with Crippen molar-refractivity contribution in [3.63, 3.8) is 0 Å². The van der Waals surface area contributed by atoms with Gasteiger partial charge < -0.3 is 5.73 Å². The number of carbonyl (C=O) groups excluding carboxylic acids is 2. The molecule has 0 radical (unpaired) electrons. The summed E-state index contributed by atoms with van der Waals surface area (Å²) in [4.78, 5) is 27.0. The van der Waals surface area contributed by atoms with E-state index >= 15 is 0 Å². The van der Waals surface area contributed by atoms with Crippen LogP contribution < -0.4 is 11.1 Å². The summed E-state index contributed by atoms with van der Waals surface area (Å²) in [5, 5.41) is 2.34. The van der Waals surface area contributed by atoms with E-state index in [2.05, 4.69) is 23.5 Å². The van der Waals surface area contributed by atoms with E-state index < -0.39 is 17.2 Å². The van der Waals surface area contributed by atoms with Gasteiger partial charge in [-0.15, -0.1) is 13.2 Å². The van der Waals surface area contributed by atoms with Crippen LogP contribution in [0.5, 0.6) is 0 Å². The minimum atomic E-state index is -1.22. The first-order chi connectivity index (χ1) is 7.06. The smallest absolute Gasteiger partial charge is 0.265 e. The normalized spacial score (nSPS) is 19.1. The van der Waals surface area contributed by atoms with Crippen LogP contribution in [0.25, 0.3) is 0 Å². The fourth-order valence-corrected chi connectivity index (χ4v) is 1.51. The van der Waals surface area contributed by atoms with Gasteiger partial charge in [0.15, 0.2) is 0 Å². The lowest BCUT2D eigenvalue weighted by atomic mass is 9.78.